The summed E-state index contributed by atoms with van der Waals surface area (Å²) in [5.74, 6) is 0. The Morgan fingerprint density at radius 2 is 2.11 bits per heavy atom. The minimum Gasteiger partial charge on any atom is -0.431 e. The predicted molar refractivity (Wildman–Crippen MR) is 70.3 cm³/mol. The van der Waals surface area contributed by atoms with Crippen LogP contribution in [0.5, 0.6) is 0 Å². The number of aromatic nitrogens is 2. The van der Waals surface area contributed by atoms with E-state index < -0.39 is 0 Å². The molecular weight excluding hydrogens is 246 g/mol. The summed E-state index contributed by atoms with van der Waals surface area (Å²) in [7, 11) is 0. The van der Waals surface area contributed by atoms with Crippen molar-refractivity contribution in [2.24, 2.45) is 5.73 Å². The molecule has 0 saturated carbocycles. The van der Waals surface area contributed by atoms with E-state index in [4.69, 9.17) is 10.2 Å². The second kappa shape index (κ2) is 4.80. The molecule has 3 rings (SSSR count). The van der Waals surface area contributed by atoms with Crippen LogP contribution >= 0.6 is 11.8 Å². The Bertz CT molecular complexity index is 648. The minimum atomic E-state index is 0.432. The maximum atomic E-state index is 5.65. The number of benzene rings is 1. The molecule has 4 nitrogen and oxygen atoms in total. The third kappa shape index (κ3) is 2.23. The van der Waals surface area contributed by atoms with Gasteiger partial charge in [-0.05, 0) is 36.0 Å². The number of hydrogen-bond acceptors (Lipinski definition) is 5. The van der Waals surface area contributed by atoms with Gasteiger partial charge in [-0.15, -0.1) is 0 Å². The fourth-order valence-electron chi connectivity index (χ4n) is 1.63. The van der Waals surface area contributed by atoms with Crippen molar-refractivity contribution in [1.29, 1.82) is 0 Å². The third-order valence-electron chi connectivity index (χ3n) is 2.48. The van der Waals surface area contributed by atoms with Crippen molar-refractivity contribution in [2.75, 3.05) is 0 Å². The normalized spacial score (nSPS) is 10.9. The highest BCUT2D eigenvalue weighted by atomic mass is 32.2. The number of pyridine rings is 1. The molecule has 0 aliphatic heterocycles. The standard InChI is InChI=1S/C13H11N3OS/c14-8-9-7-10(5-6-15-9)18-13-16-11-3-1-2-4-12(11)17-13/h1-7H,8,14H2. The first-order valence-corrected chi connectivity index (χ1v) is 6.35. The summed E-state index contributed by atoms with van der Waals surface area (Å²) < 4.78 is 5.65. The maximum Gasteiger partial charge on any atom is 0.261 e. The van der Waals surface area contributed by atoms with Gasteiger partial charge in [-0.3, -0.25) is 4.98 Å². The topological polar surface area (TPSA) is 64.9 Å². The lowest BCUT2D eigenvalue weighted by molar-refractivity contribution is 0.489. The largest absolute Gasteiger partial charge is 0.431 e. The maximum absolute atomic E-state index is 5.65. The van der Waals surface area contributed by atoms with Crippen molar-refractivity contribution < 1.29 is 4.42 Å². The zero-order valence-corrected chi connectivity index (χ0v) is 10.4. The van der Waals surface area contributed by atoms with E-state index in [1.807, 2.05) is 36.4 Å². The van der Waals surface area contributed by atoms with Crippen LogP contribution in [-0.2, 0) is 6.54 Å². The smallest absolute Gasteiger partial charge is 0.261 e. The molecule has 3 aromatic rings. The van der Waals surface area contributed by atoms with E-state index in [-0.39, 0.29) is 0 Å². The highest BCUT2D eigenvalue weighted by molar-refractivity contribution is 7.99. The van der Waals surface area contributed by atoms with Crippen molar-refractivity contribution in [3.63, 3.8) is 0 Å². The van der Waals surface area contributed by atoms with Gasteiger partial charge in [0.2, 0.25) is 0 Å². The zero-order valence-electron chi connectivity index (χ0n) is 9.54. The van der Waals surface area contributed by atoms with Crippen LogP contribution in [0.2, 0.25) is 0 Å². The van der Waals surface area contributed by atoms with Gasteiger partial charge in [-0.2, -0.15) is 0 Å². The van der Waals surface area contributed by atoms with Crippen LogP contribution in [-0.4, -0.2) is 9.97 Å². The Kier molecular flexibility index (Phi) is 3.00. The van der Waals surface area contributed by atoms with Crippen LogP contribution in [0, 0.1) is 0 Å². The van der Waals surface area contributed by atoms with Crippen LogP contribution in [0.25, 0.3) is 11.1 Å². The Hall–Kier alpha value is -1.85. The quantitative estimate of drug-likeness (QED) is 0.781. The van der Waals surface area contributed by atoms with Crippen molar-refractivity contribution in [1.82, 2.24) is 9.97 Å². The summed E-state index contributed by atoms with van der Waals surface area (Å²) in [6, 6.07) is 11.6. The molecule has 90 valence electrons. The molecule has 1 aromatic carbocycles. The summed E-state index contributed by atoms with van der Waals surface area (Å²) in [5.41, 5.74) is 8.09. The first-order valence-electron chi connectivity index (χ1n) is 5.53. The van der Waals surface area contributed by atoms with Gasteiger partial charge in [0.15, 0.2) is 5.58 Å². The minimum absolute atomic E-state index is 0.432. The molecule has 18 heavy (non-hydrogen) atoms. The average molecular weight is 257 g/mol. The summed E-state index contributed by atoms with van der Waals surface area (Å²) in [4.78, 5) is 9.59. The molecule has 0 saturated heterocycles. The molecule has 2 aromatic heterocycles. The molecule has 0 aliphatic carbocycles. The Balaban J connectivity index is 1.91. The number of oxazole rings is 1. The molecule has 0 unspecified atom stereocenters. The van der Waals surface area contributed by atoms with Crippen molar-refractivity contribution in [3.8, 4) is 0 Å². The second-order valence-electron chi connectivity index (χ2n) is 3.74. The molecule has 5 heteroatoms. The second-order valence-corrected chi connectivity index (χ2v) is 4.76. The lowest BCUT2D eigenvalue weighted by atomic mass is 10.3. The lowest BCUT2D eigenvalue weighted by Gasteiger charge is -1.99. The van der Waals surface area contributed by atoms with E-state index in [0.717, 1.165) is 21.7 Å². The van der Waals surface area contributed by atoms with Crippen LogP contribution in [0.4, 0.5) is 0 Å². The van der Waals surface area contributed by atoms with E-state index in [1.54, 1.807) is 6.20 Å². The Morgan fingerprint density at radius 1 is 1.22 bits per heavy atom. The number of fused-ring (bicyclic) bond motifs is 1. The van der Waals surface area contributed by atoms with Crippen molar-refractivity contribution in [2.45, 2.75) is 16.7 Å². The summed E-state index contributed by atoms with van der Waals surface area (Å²) >= 11 is 1.47. The van der Waals surface area contributed by atoms with E-state index in [1.165, 1.54) is 11.8 Å². The monoisotopic (exact) mass is 257 g/mol. The van der Waals surface area contributed by atoms with Gasteiger partial charge < -0.3 is 10.2 Å². The van der Waals surface area contributed by atoms with Gasteiger partial charge >= 0.3 is 0 Å². The molecule has 0 radical (unpaired) electrons. The van der Waals surface area contributed by atoms with Crippen LogP contribution in [0.1, 0.15) is 5.69 Å². The molecule has 0 amide bonds. The lowest BCUT2D eigenvalue weighted by Crippen LogP contribution is -1.98. The summed E-state index contributed by atoms with van der Waals surface area (Å²) in [5, 5.41) is 0.630. The number of rotatable bonds is 3. The third-order valence-corrected chi connectivity index (χ3v) is 3.32. The molecule has 0 spiro atoms. The average Bonchev–Trinajstić information content (AvgIpc) is 2.81. The Morgan fingerprint density at radius 3 is 2.94 bits per heavy atom. The van der Waals surface area contributed by atoms with Gasteiger partial charge in [0.1, 0.15) is 5.52 Å². The highest BCUT2D eigenvalue weighted by Crippen LogP contribution is 2.29. The molecule has 0 atom stereocenters. The SMILES string of the molecule is NCc1cc(Sc2nc3ccccc3o2)ccn1. The number of para-hydroxylation sites is 2. The number of nitrogens with zero attached hydrogens (tertiary/aromatic N) is 2. The van der Waals surface area contributed by atoms with Crippen LogP contribution < -0.4 is 5.73 Å². The summed E-state index contributed by atoms with van der Waals surface area (Å²) in [6.45, 7) is 0.432. The van der Waals surface area contributed by atoms with Gasteiger partial charge in [0.05, 0.1) is 5.69 Å². The van der Waals surface area contributed by atoms with Crippen molar-refractivity contribution in [3.05, 3.63) is 48.3 Å². The fraction of sp³-hybridized carbons (Fsp3) is 0.0769. The zero-order chi connectivity index (χ0) is 12.4. The van der Waals surface area contributed by atoms with Crippen molar-refractivity contribution >= 4 is 22.9 Å². The van der Waals surface area contributed by atoms with Gasteiger partial charge in [0, 0.05) is 17.6 Å². The first-order chi connectivity index (χ1) is 8.85. The molecule has 0 bridgehead atoms. The molecular formula is C13H11N3OS. The molecule has 2 N–H and O–H groups in total. The van der Waals surface area contributed by atoms with Gasteiger partial charge in [0.25, 0.3) is 5.22 Å². The molecule has 0 fully saturated rings. The van der Waals surface area contributed by atoms with E-state index >= 15 is 0 Å². The first kappa shape index (κ1) is 11.3. The van der Waals surface area contributed by atoms with E-state index in [9.17, 15) is 0 Å². The molecule has 0 aliphatic rings. The van der Waals surface area contributed by atoms with Crippen LogP contribution in [0.3, 0.4) is 0 Å². The van der Waals surface area contributed by atoms with Gasteiger partial charge in [-0.1, -0.05) is 12.1 Å². The Labute approximate surface area is 108 Å². The van der Waals surface area contributed by atoms with Gasteiger partial charge in [-0.25, -0.2) is 4.98 Å². The predicted octanol–water partition coefficient (Wildman–Crippen LogP) is 2.83. The number of nitrogens with two attached hydrogens (primary N) is 1. The number of hydrogen-bond donors (Lipinski definition) is 1. The van der Waals surface area contributed by atoms with E-state index in [2.05, 4.69) is 9.97 Å². The summed E-state index contributed by atoms with van der Waals surface area (Å²) in [6.07, 6.45) is 1.74. The van der Waals surface area contributed by atoms with E-state index in [0.29, 0.717) is 11.8 Å². The highest BCUT2D eigenvalue weighted by Gasteiger charge is 2.07. The van der Waals surface area contributed by atoms with Crippen LogP contribution in [0.15, 0.2) is 57.1 Å². The fourth-order valence-corrected chi connectivity index (χ4v) is 2.43. The molecule has 2 heterocycles.